The Hall–Kier alpha value is -2.82. The maximum atomic E-state index is 12.7. The zero-order valence-corrected chi connectivity index (χ0v) is 15.8. The molecule has 3 rings (SSSR count). The molecule has 1 unspecified atom stereocenters. The normalized spacial score (nSPS) is 14.0. The van der Waals surface area contributed by atoms with E-state index in [0.29, 0.717) is 23.4 Å². The third-order valence-electron chi connectivity index (χ3n) is 4.85. The highest BCUT2D eigenvalue weighted by atomic mass is 16.5. The summed E-state index contributed by atoms with van der Waals surface area (Å²) in [6.45, 7) is 1.90. The molecule has 1 aliphatic carbocycles. The van der Waals surface area contributed by atoms with Gasteiger partial charge in [-0.05, 0) is 67.5 Å². The lowest BCUT2D eigenvalue weighted by atomic mass is 9.92. The number of methoxy groups -OCH3 is 1. The fourth-order valence-electron chi connectivity index (χ4n) is 3.36. The van der Waals surface area contributed by atoms with Gasteiger partial charge in [0.25, 0.3) is 5.91 Å². The van der Waals surface area contributed by atoms with Crippen molar-refractivity contribution in [2.75, 3.05) is 12.4 Å². The summed E-state index contributed by atoms with van der Waals surface area (Å²) in [6.07, 6.45) is 4.46. The number of fused-ring (bicyclic) bond motifs is 1. The highest BCUT2D eigenvalue weighted by Gasteiger charge is 2.22. The molecule has 1 N–H and O–H groups in total. The van der Waals surface area contributed by atoms with Crippen molar-refractivity contribution in [2.24, 2.45) is 0 Å². The predicted molar refractivity (Wildman–Crippen MR) is 104 cm³/mol. The Labute approximate surface area is 159 Å². The predicted octanol–water partition coefficient (Wildman–Crippen LogP) is 4.15. The molecule has 1 amide bonds. The standard InChI is InChI=1S/C22H25NO4/c1-3-20(27-17-13-12-15-8-4-5-9-16(15)14-17)21(24)23-19-11-7-6-10-18(19)22(25)26-2/h6-7,10-14,20H,3-5,8-9H2,1-2H3,(H,23,24). The molecule has 0 saturated carbocycles. The Bertz CT molecular complexity index is 831. The maximum absolute atomic E-state index is 12.7. The third-order valence-corrected chi connectivity index (χ3v) is 4.85. The minimum Gasteiger partial charge on any atom is -0.481 e. The molecule has 1 aliphatic rings. The Morgan fingerprint density at radius 3 is 2.56 bits per heavy atom. The van der Waals surface area contributed by atoms with Gasteiger partial charge < -0.3 is 14.8 Å². The minimum absolute atomic E-state index is 0.286. The Morgan fingerprint density at radius 2 is 1.81 bits per heavy atom. The third kappa shape index (κ3) is 4.48. The molecule has 142 valence electrons. The van der Waals surface area contributed by atoms with Crippen molar-refractivity contribution in [1.82, 2.24) is 0 Å². The summed E-state index contributed by atoms with van der Waals surface area (Å²) in [5.74, 6) is -0.0694. The molecular formula is C22H25NO4. The number of aryl methyl sites for hydroxylation is 2. The number of benzene rings is 2. The van der Waals surface area contributed by atoms with Gasteiger partial charge in [0, 0.05) is 0 Å². The number of amides is 1. The van der Waals surface area contributed by atoms with Gasteiger partial charge in [-0.25, -0.2) is 4.79 Å². The second-order valence-corrected chi connectivity index (χ2v) is 6.68. The van der Waals surface area contributed by atoms with Crippen LogP contribution in [0.5, 0.6) is 5.75 Å². The van der Waals surface area contributed by atoms with Gasteiger partial charge in [0.05, 0.1) is 18.4 Å². The van der Waals surface area contributed by atoms with E-state index in [9.17, 15) is 9.59 Å². The molecule has 0 aromatic heterocycles. The number of hydrogen-bond donors (Lipinski definition) is 1. The van der Waals surface area contributed by atoms with E-state index in [1.165, 1.54) is 31.1 Å². The van der Waals surface area contributed by atoms with Crippen LogP contribution in [-0.4, -0.2) is 25.1 Å². The van der Waals surface area contributed by atoms with Crippen LogP contribution in [0, 0.1) is 0 Å². The molecule has 0 radical (unpaired) electrons. The van der Waals surface area contributed by atoms with E-state index in [1.54, 1.807) is 24.3 Å². The first-order valence-corrected chi connectivity index (χ1v) is 9.39. The average Bonchev–Trinajstić information content (AvgIpc) is 2.71. The summed E-state index contributed by atoms with van der Waals surface area (Å²) < 4.78 is 10.7. The van der Waals surface area contributed by atoms with Gasteiger partial charge in [-0.3, -0.25) is 4.79 Å². The number of ether oxygens (including phenoxy) is 2. The van der Waals surface area contributed by atoms with Crippen LogP contribution in [0.2, 0.25) is 0 Å². The molecule has 2 aromatic carbocycles. The van der Waals surface area contributed by atoms with Gasteiger partial charge in [0.15, 0.2) is 6.10 Å². The van der Waals surface area contributed by atoms with E-state index in [-0.39, 0.29) is 5.91 Å². The molecule has 0 spiro atoms. The zero-order chi connectivity index (χ0) is 19.2. The number of para-hydroxylation sites is 1. The Morgan fingerprint density at radius 1 is 1.07 bits per heavy atom. The van der Waals surface area contributed by atoms with Crippen LogP contribution < -0.4 is 10.1 Å². The number of nitrogens with one attached hydrogen (secondary N) is 1. The van der Waals surface area contributed by atoms with E-state index < -0.39 is 12.1 Å². The summed E-state index contributed by atoms with van der Waals surface area (Å²) in [5, 5.41) is 2.79. The van der Waals surface area contributed by atoms with Crippen molar-refractivity contribution < 1.29 is 19.1 Å². The van der Waals surface area contributed by atoms with Crippen molar-refractivity contribution in [1.29, 1.82) is 0 Å². The number of esters is 1. The first-order valence-electron chi connectivity index (χ1n) is 9.39. The summed E-state index contributed by atoms with van der Waals surface area (Å²) in [5.41, 5.74) is 3.42. The number of hydrogen-bond acceptors (Lipinski definition) is 4. The minimum atomic E-state index is -0.641. The van der Waals surface area contributed by atoms with Crippen LogP contribution >= 0.6 is 0 Å². The van der Waals surface area contributed by atoms with Gasteiger partial charge in [-0.15, -0.1) is 0 Å². The summed E-state index contributed by atoms with van der Waals surface area (Å²) in [6, 6.07) is 12.9. The molecule has 5 heteroatoms. The topological polar surface area (TPSA) is 64.6 Å². The molecule has 0 bridgehead atoms. The molecule has 2 aromatic rings. The SMILES string of the molecule is CCC(Oc1ccc2c(c1)CCCC2)C(=O)Nc1ccccc1C(=O)OC. The fourth-order valence-corrected chi connectivity index (χ4v) is 3.36. The van der Waals surface area contributed by atoms with Crippen molar-refractivity contribution in [2.45, 2.75) is 45.1 Å². The van der Waals surface area contributed by atoms with Crippen LogP contribution in [0.25, 0.3) is 0 Å². The second-order valence-electron chi connectivity index (χ2n) is 6.68. The number of rotatable bonds is 6. The maximum Gasteiger partial charge on any atom is 0.339 e. The van der Waals surface area contributed by atoms with Crippen molar-refractivity contribution in [3.8, 4) is 5.75 Å². The Kier molecular flexibility index (Phi) is 6.12. The lowest BCUT2D eigenvalue weighted by Crippen LogP contribution is -2.33. The monoisotopic (exact) mass is 367 g/mol. The van der Waals surface area contributed by atoms with E-state index >= 15 is 0 Å². The zero-order valence-electron chi connectivity index (χ0n) is 15.8. The smallest absolute Gasteiger partial charge is 0.339 e. The molecule has 0 aliphatic heterocycles. The number of anilines is 1. The molecule has 0 saturated heterocycles. The Balaban J connectivity index is 1.73. The quantitative estimate of drug-likeness (QED) is 0.779. The average molecular weight is 367 g/mol. The van der Waals surface area contributed by atoms with Gasteiger partial charge in [-0.2, -0.15) is 0 Å². The molecule has 5 nitrogen and oxygen atoms in total. The molecule has 27 heavy (non-hydrogen) atoms. The van der Waals surface area contributed by atoms with Crippen LogP contribution in [-0.2, 0) is 22.4 Å². The van der Waals surface area contributed by atoms with E-state index in [4.69, 9.17) is 9.47 Å². The first-order chi connectivity index (χ1) is 13.1. The lowest BCUT2D eigenvalue weighted by molar-refractivity contribution is -0.122. The molecule has 0 fully saturated rings. The van der Waals surface area contributed by atoms with Gasteiger partial charge in [0.2, 0.25) is 0 Å². The van der Waals surface area contributed by atoms with E-state index in [2.05, 4.69) is 11.4 Å². The van der Waals surface area contributed by atoms with Gasteiger partial charge >= 0.3 is 5.97 Å². The van der Waals surface area contributed by atoms with Crippen molar-refractivity contribution in [3.63, 3.8) is 0 Å². The highest BCUT2D eigenvalue weighted by molar-refractivity contribution is 6.02. The van der Waals surface area contributed by atoms with Gasteiger partial charge in [-0.1, -0.05) is 25.1 Å². The van der Waals surface area contributed by atoms with E-state index in [0.717, 1.165) is 12.8 Å². The fraction of sp³-hybridized carbons (Fsp3) is 0.364. The van der Waals surface area contributed by atoms with Crippen molar-refractivity contribution >= 4 is 17.6 Å². The molecule has 0 heterocycles. The van der Waals surface area contributed by atoms with Crippen LogP contribution in [0.3, 0.4) is 0 Å². The molecular weight excluding hydrogens is 342 g/mol. The number of carbonyl (C=O) groups is 2. The number of carbonyl (C=O) groups excluding carboxylic acids is 2. The van der Waals surface area contributed by atoms with Crippen LogP contribution in [0.15, 0.2) is 42.5 Å². The van der Waals surface area contributed by atoms with Crippen LogP contribution in [0.4, 0.5) is 5.69 Å². The van der Waals surface area contributed by atoms with Crippen molar-refractivity contribution in [3.05, 3.63) is 59.2 Å². The van der Waals surface area contributed by atoms with E-state index in [1.807, 2.05) is 19.1 Å². The summed E-state index contributed by atoms with van der Waals surface area (Å²) in [7, 11) is 1.31. The summed E-state index contributed by atoms with van der Waals surface area (Å²) in [4.78, 5) is 24.6. The second kappa shape index (κ2) is 8.71. The summed E-state index contributed by atoms with van der Waals surface area (Å²) >= 11 is 0. The first kappa shape index (κ1) is 19.0. The van der Waals surface area contributed by atoms with Gasteiger partial charge in [0.1, 0.15) is 5.75 Å². The largest absolute Gasteiger partial charge is 0.481 e. The van der Waals surface area contributed by atoms with Crippen LogP contribution in [0.1, 0.15) is 47.7 Å². The molecule has 1 atom stereocenters. The lowest BCUT2D eigenvalue weighted by Gasteiger charge is -2.21. The highest BCUT2D eigenvalue weighted by Crippen LogP contribution is 2.26.